The SMILES string of the molecule is O=C(O)CC(Oc1cccc(NC(=O)c2cccc(Nc3ccccn3)c2)c1)c1cccnc1. The van der Waals surface area contributed by atoms with Gasteiger partial charge in [0.25, 0.3) is 5.91 Å². The number of carbonyl (C=O) groups excluding carboxylic acids is 1. The fraction of sp³-hybridized carbons (Fsp3) is 0.0769. The maximum atomic E-state index is 12.8. The number of benzene rings is 2. The number of anilines is 3. The lowest BCUT2D eigenvalue weighted by Gasteiger charge is -2.18. The summed E-state index contributed by atoms with van der Waals surface area (Å²) in [6.45, 7) is 0. The van der Waals surface area contributed by atoms with Gasteiger partial charge in [-0.05, 0) is 48.5 Å². The van der Waals surface area contributed by atoms with Crippen molar-refractivity contribution < 1.29 is 19.4 Å². The molecule has 34 heavy (non-hydrogen) atoms. The first kappa shape index (κ1) is 22.5. The molecule has 3 N–H and O–H groups in total. The molecular weight excluding hydrogens is 432 g/mol. The van der Waals surface area contributed by atoms with E-state index in [1.165, 1.54) is 0 Å². The predicted molar refractivity (Wildman–Crippen MR) is 128 cm³/mol. The number of carboxylic acid groups (broad SMARTS) is 1. The van der Waals surface area contributed by atoms with Crippen LogP contribution in [0.15, 0.2) is 97.5 Å². The standard InChI is InChI=1S/C26H22N4O4/c31-25(32)16-23(19-7-5-12-27-17-19)34-22-10-4-9-21(15-22)30-26(33)18-6-3-8-20(14-18)29-24-11-1-2-13-28-24/h1-15,17,23H,16H2,(H,28,29)(H,30,33)(H,31,32). The van der Waals surface area contributed by atoms with E-state index in [0.717, 1.165) is 5.69 Å². The van der Waals surface area contributed by atoms with Crippen LogP contribution >= 0.6 is 0 Å². The number of aromatic nitrogens is 2. The molecule has 0 aliphatic carbocycles. The molecule has 4 rings (SSSR count). The molecule has 2 aromatic carbocycles. The van der Waals surface area contributed by atoms with Crippen LogP contribution in [0.1, 0.15) is 28.4 Å². The molecule has 0 saturated heterocycles. The Kier molecular flexibility index (Phi) is 7.09. The number of carboxylic acids is 1. The third-order valence-electron chi connectivity index (χ3n) is 4.85. The first-order chi connectivity index (χ1) is 16.6. The summed E-state index contributed by atoms with van der Waals surface area (Å²) < 4.78 is 5.94. The van der Waals surface area contributed by atoms with Crippen LogP contribution in [0, 0.1) is 0 Å². The van der Waals surface area contributed by atoms with Crippen molar-refractivity contribution in [2.75, 3.05) is 10.6 Å². The van der Waals surface area contributed by atoms with Crippen LogP contribution in [0.25, 0.3) is 0 Å². The Labute approximate surface area is 196 Å². The molecule has 1 atom stereocenters. The van der Waals surface area contributed by atoms with Gasteiger partial charge in [0.2, 0.25) is 0 Å². The molecule has 2 aromatic heterocycles. The van der Waals surface area contributed by atoms with Crippen molar-refractivity contribution in [1.29, 1.82) is 0 Å². The van der Waals surface area contributed by atoms with E-state index in [1.807, 2.05) is 24.3 Å². The van der Waals surface area contributed by atoms with Crippen molar-refractivity contribution in [3.8, 4) is 5.75 Å². The quantitative estimate of drug-likeness (QED) is 0.324. The molecule has 1 amide bonds. The summed E-state index contributed by atoms with van der Waals surface area (Å²) >= 11 is 0. The highest BCUT2D eigenvalue weighted by molar-refractivity contribution is 6.05. The zero-order valence-corrected chi connectivity index (χ0v) is 18.1. The summed E-state index contributed by atoms with van der Waals surface area (Å²) in [4.78, 5) is 32.4. The number of amides is 1. The second-order valence-corrected chi connectivity index (χ2v) is 7.39. The van der Waals surface area contributed by atoms with E-state index in [9.17, 15) is 14.7 Å². The largest absolute Gasteiger partial charge is 0.485 e. The van der Waals surface area contributed by atoms with Crippen molar-refractivity contribution in [1.82, 2.24) is 9.97 Å². The lowest BCUT2D eigenvalue weighted by Crippen LogP contribution is -2.14. The molecule has 2 heterocycles. The van der Waals surface area contributed by atoms with E-state index in [0.29, 0.717) is 28.4 Å². The maximum Gasteiger partial charge on any atom is 0.307 e. The lowest BCUT2D eigenvalue weighted by molar-refractivity contribution is -0.138. The van der Waals surface area contributed by atoms with Crippen LogP contribution < -0.4 is 15.4 Å². The molecule has 0 radical (unpaired) electrons. The Morgan fingerprint density at radius 3 is 2.53 bits per heavy atom. The van der Waals surface area contributed by atoms with E-state index < -0.39 is 12.1 Å². The highest BCUT2D eigenvalue weighted by Crippen LogP contribution is 2.27. The van der Waals surface area contributed by atoms with Crippen LogP contribution in [0.2, 0.25) is 0 Å². The van der Waals surface area contributed by atoms with Crippen LogP contribution in [-0.4, -0.2) is 27.0 Å². The number of rotatable bonds is 9. The van der Waals surface area contributed by atoms with Gasteiger partial charge in [0.15, 0.2) is 0 Å². The minimum absolute atomic E-state index is 0.224. The molecule has 0 spiro atoms. The predicted octanol–water partition coefficient (Wildman–Crippen LogP) is 5.07. The van der Waals surface area contributed by atoms with E-state index in [1.54, 1.807) is 73.2 Å². The average molecular weight is 454 g/mol. The van der Waals surface area contributed by atoms with E-state index in [4.69, 9.17) is 4.74 Å². The van der Waals surface area contributed by atoms with Crippen LogP contribution in [0.3, 0.4) is 0 Å². The Balaban J connectivity index is 1.46. The van der Waals surface area contributed by atoms with Gasteiger partial charge >= 0.3 is 5.97 Å². The molecule has 0 bridgehead atoms. The fourth-order valence-corrected chi connectivity index (χ4v) is 3.29. The fourth-order valence-electron chi connectivity index (χ4n) is 3.29. The van der Waals surface area contributed by atoms with Crippen molar-refractivity contribution in [2.24, 2.45) is 0 Å². The molecule has 170 valence electrons. The van der Waals surface area contributed by atoms with Crippen LogP contribution in [-0.2, 0) is 4.79 Å². The first-order valence-electron chi connectivity index (χ1n) is 10.5. The number of ether oxygens (including phenoxy) is 1. The van der Waals surface area contributed by atoms with E-state index in [2.05, 4.69) is 20.6 Å². The smallest absolute Gasteiger partial charge is 0.307 e. The topological polar surface area (TPSA) is 113 Å². The number of aliphatic carboxylic acids is 1. The van der Waals surface area contributed by atoms with E-state index >= 15 is 0 Å². The number of hydrogen-bond donors (Lipinski definition) is 3. The molecule has 8 heteroatoms. The monoisotopic (exact) mass is 454 g/mol. The Hall–Kier alpha value is -4.72. The average Bonchev–Trinajstić information content (AvgIpc) is 2.85. The van der Waals surface area contributed by atoms with Crippen LogP contribution in [0.4, 0.5) is 17.2 Å². The minimum atomic E-state index is -0.988. The Bertz CT molecular complexity index is 1270. The van der Waals surface area contributed by atoms with Gasteiger partial charge in [-0.1, -0.05) is 24.3 Å². The van der Waals surface area contributed by atoms with Gasteiger partial charge in [-0.3, -0.25) is 14.6 Å². The van der Waals surface area contributed by atoms with Crippen molar-refractivity contribution in [3.63, 3.8) is 0 Å². The minimum Gasteiger partial charge on any atom is -0.485 e. The van der Waals surface area contributed by atoms with Gasteiger partial charge in [0.05, 0.1) is 6.42 Å². The molecule has 0 aliphatic heterocycles. The van der Waals surface area contributed by atoms with Gasteiger partial charge in [0, 0.05) is 47.2 Å². The Morgan fingerprint density at radius 2 is 1.76 bits per heavy atom. The van der Waals surface area contributed by atoms with Crippen LogP contribution in [0.5, 0.6) is 5.75 Å². The number of carbonyl (C=O) groups is 2. The third kappa shape index (κ3) is 6.17. The second kappa shape index (κ2) is 10.7. The number of nitrogens with zero attached hydrogens (tertiary/aromatic N) is 2. The number of pyridine rings is 2. The molecular formula is C26H22N4O4. The first-order valence-corrected chi connectivity index (χ1v) is 10.5. The second-order valence-electron chi connectivity index (χ2n) is 7.39. The van der Waals surface area contributed by atoms with Gasteiger partial charge in [-0.25, -0.2) is 4.98 Å². The molecule has 8 nitrogen and oxygen atoms in total. The van der Waals surface area contributed by atoms with Gasteiger partial charge in [-0.2, -0.15) is 0 Å². The number of hydrogen-bond acceptors (Lipinski definition) is 6. The third-order valence-corrected chi connectivity index (χ3v) is 4.85. The summed E-state index contributed by atoms with van der Waals surface area (Å²) in [6, 6.07) is 22.9. The normalized spacial score (nSPS) is 11.3. The molecule has 0 saturated carbocycles. The summed E-state index contributed by atoms with van der Waals surface area (Å²) in [5, 5.41) is 15.3. The van der Waals surface area contributed by atoms with E-state index in [-0.39, 0.29) is 12.3 Å². The highest BCUT2D eigenvalue weighted by Gasteiger charge is 2.18. The summed E-state index contributed by atoms with van der Waals surface area (Å²) in [6.07, 6.45) is 3.93. The van der Waals surface area contributed by atoms with Crippen molar-refractivity contribution in [2.45, 2.75) is 12.5 Å². The zero-order chi connectivity index (χ0) is 23.8. The summed E-state index contributed by atoms with van der Waals surface area (Å²) in [5.41, 5.74) is 2.37. The summed E-state index contributed by atoms with van der Waals surface area (Å²) in [5.74, 6) is -0.179. The van der Waals surface area contributed by atoms with Gasteiger partial charge in [0.1, 0.15) is 17.7 Å². The van der Waals surface area contributed by atoms with Crippen molar-refractivity contribution >= 4 is 29.1 Å². The van der Waals surface area contributed by atoms with Crippen molar-refractivity contribution in [3.05, 3.63) is 109 Å². The summed E-state index contributed by atoms with van der Waals surface area (Å²) in [7, 11) is 0. The molecule has 0 fully saturated rings. The zero-order valence-electron chi connectivity index (χ0n) is 18.1. The maximum absolute atomic E-state index is 12.8. The number of nitrogens with one attached hydrogen (secondary N) is 2. The van der Waals surface area contributed by atoms with Gasteiger partial charge in [-0.15, -0.1) is 0 Å². The molecule has 1 unspecified atom stereocenters. The highest BCUT2D eigenvalue weighted by atomic mass is 16.5. The lowest BCUT2D eigenvalue weighted by atomic mass is 10.1. The van der Waals surface area contributed by atoms with Gasteiger partial charge < -0.3 is 20.5 Å². The Morgan fingerprint density at radius 1 is 0.912 bits per heavy atom. The molecule has 4 aromatic rings. The molecule has 0 aliphatic rings.